The van der Waals surface area contributed by atoms with Crippen molar-refractivity contribution in [1.82, 2.24) is 15.1 Å². The summed E-state index contributed by atoms with van der Waals surface area (Å²) in [5.41, 5.74) is 0. The first-order valence-electron chi connectivity index (χ1n) is 5.75. The van der Waals surface area contributed by atoms with Crippen LogP contribution < -0.4 is 5.32 Å². The average molecular weight is 213 g/mol. The monoisotopic (exact) mass is 213 g/mol. The van der Waals surface area contributed by atoms with Crippen LogP contribution in [0, 0.1) is 5.92 Å². The Morgan fingerprint density at radius 1 is 1.53 bits per heavy atom. The molecule has 15 heavy (non-hydrogen) atoms. The lowest BCUT2D eigenvalue weighted by molar-refractivity contribution is -0.135. The van der Waals surface area contributed by atoms with Gasteiger partial charge in [-0.1, -0.05) is 6.92 Å². The standard InChI is InChI=1S/C11H23N3O/c1-10-9-12-5-4-6-14(11(10)15)8-7-13(2)3/h10,12H,4-9H2,1-3H3. The SMILES string of the molecule is CC1CNCCCN(CCN(C)C)C1=O. The topological polar surface area (TPSA) is 35.6 Å². The third kappa shape index (κ3) is 4.18. The van der Waals surface area contributed by atoms with Gasteiger partial charge in [0, 0.05) is 32.1 Å². The zero-order chi connectivity index (χ0) is 11.3. The zero-order valence-electron chi connectivity index (χ0n) is 10.1. The van der Waals surface area contributed by atoms with Gasteiger partial charge in [0.1, 0.15) is 0 Å². The summed E-state index contributed by atoms with van der Waals surface area (Å²) in [4.78, 5) is 16.1. The summed E-state index contributed by atoms with van der Waals surface area (Å²) in [6.07, 6.45) is 1.06. The van der Waals surface area contributed by atoms with Crippen molar-refractivity contribution in [2.45, 2.75) is 13.3 Å². The Morgan fingerprint density at radius 2 is 2.27 bits per heavy atom. The van der Waals surface area contributed by atoms with Crippen molar-refractivity contribution in [1.29, 1.82) is 0 Å². The molecule has 0 aromatic rings. The maximum absolute atomic E-state index is 12.0. The predicted molar refractivity (Wildman–Crippen MR) is 61.8 cm³/mol. The molecule has 88 valence electrons. The summed E-state index contributed by atoms with van der Waals surface area (Å²) >= 11 is 0. The highest BCUT2D eigenvalue weighted by molar-refractivity contribution is 5.78. The van der Waals surface area contributed by atoms with Gasteiger partial charge in [-0.2, -0.15) is 0 Å². The number of hydrogen-bond donors (Lipinski definition) is 1. The second-order valence-electron chi connectivity index (χ2n) is 4.59. The summed E-state index contributed by atoms with van der Waals surface area (Å²) in [6, 6.07) is 0. The normalized spacial score (nSPS) is 24.1. The van der Waals surface area contributed by atoms with Gasteiger partial charge in [-0.05, 0) is 27.1 Å². The maximum atomic E-state index is 12.0. The van der Waals surface area contributed by atoms with E-state index in [2.05, 4.69) is 10.2 Å². The summed E-state index contributed by atoms with van der Waals surface area (Å²) in [7, 11) is 4.08. The average Bonchev–Trinajstić information content (AvgIpc) is 2.18. The van der Waals surface area contributed by atoms with Crippen molar-refractivity contribution < 1.29 is 4.79 Å². The Morgan fingerprint density at radius 3 is 2.93 bits per heavy atom. The molecule has 1 saturated heterocycles. The molecule has 0 spiro atoms. The summed E-state index contributed by atoms with van der Waals surface area (Å²) < 4.78 is 0. The summed E-state index contributed by atoms with van der Waals surface area (Å²) in [5, 5.41) is 3.29. The second kappa shape index (κ2) is 6.08. The lowest BCUT2D eigenvalue weighted by atomic mass is 10.1. The Hall–Kier alpha value is -0.610. The number of likely N-dealkylation sites (N-methyl/N-ethyl adjacent to an activating group) is 1. The van der Waals surface area contributed by atoms with E-state index in [1.165, 1.54) is 0 Å². The Bertz CT molecular complexity index is 206. The molecule has 4 nitrogen and oxygen atoms in total. The van der Waals surface area contributed by atoms with Crippen LogP contribution in [0.3, 0.4) is 0 Å². The largest absolute Gasteiger partial charge is 0.341 e. The predicted octanol–water partition coefficient (Wildman–Crippen LogP) is 0.00600. The van der Waals surface area contributed by atoms with Crippen LogP contribution in [0.1, 0.15) is 13.3 Å². The first-order valence-corrected chi connectivity index (χ1v) is 5.75. The van der Waals surface area contributed by atoms with Crippen molar-refractivity contribution in [2.75, 3.05) is 46.8 Å². The fourth-order valence-corrected chi connectivity index (χ4v) is 1.77. The van der Waals surface area contributed by atoms with Crippen LogP contribution in [0.15, 0.2) is 0 Å². The molecule has 0 radical (unpaired) electrons. The number of hydrogen-bond acceptors (Lipinski definition) is 3. The number of nitrogens with one attached hydrogen (secondary N) is 1. The minimum Gasteiger partial charge on any atom is -0.341 e. The van der Waals surface area contributed by atoms with Crippen LogP contribution >= 0.6 is 0 Å². The zero-order valence-corrected chi connectivity index (χ0v) is 10.1. The molecule has 0 bridgehead atoms. The van der Waals surface area contributed by atoms with Crippen LogP contribution in [-0.2, 0) is 4.79 Å². The van der Waals surface area contributed by atoms with E-state index in [0.29, 0.717) is 5.91 Å². The van der Waals surface area contributed by atoms with Gasteiger partial charge in [-0.15, -0.1) is 0 Å². The molecule has 1 N–H and O–H groups in total. The molecule has 4 heteroatoms. The van der Waals surface area contributed by atoms with Crippen LogP contribution in [0.4, 0.5) is 0 Å². The van der Waals surface area contributed by atoms with E-state index in [0.717, 1.165) is 39.1 Å². The minimum absolute atomic E-state index is 0.118. The molecule has 0 aliphatic carbocycles. The first kappa shape index (κ1) is 12.5. The Balaban J connectivity index is 2.46. The van der Waals surface area contributed by atoms with E-state index in [-0.39, 0.29) is 5.92 Å². The molecule has 0 aromatic heterocycles. The van der Waals surface area contributed by atoms with E-state index >= 15 is 0 Å². The number of carbonyl (C=O) groups excluding carboxylic acids is 1. The quantitative estimate of drug-likeness (QED) is 0.717. The van der Waals surface area contributed by atoms with E-state index in [1.807, 2.05) is 25.9 Å². The number of carbonyl (C=O) groups is 1. The highest BCUT2D eigenvalue weighted by Gasteiger charge is 2.21. The van der Waals surface area contributed by atoms with Gasteiger partial charge in [0.25, 0.3) is 0 Å². The Labute approximate surface area is 92.6 Å². The van der Waals surface area contributed by atoms with E-state index in [4.69, 9.17) is 0 Å². The maximum Gasteiger partial charge on any atom is 0.226 e. The molecule has 1 amide bonds. The van der Waals surface area contributed by atoms with Gasteiger partial charge in [-0.25, -0.2) is 0 Å². The Kier molecular flexibility index (Phi) is 5.05. The number of nitrogens with zero attached hydrogens (tertiary/aromatic N) is 2. The van der Waals surface area contributed by atoms with Crippen LogP contribution in [0.5, 0.6) is 0 Å². The molecule has 1 aliphatic rings. The lowest BCUT2D eigenvalue weighted by Gasteiger charge is -2.29. The highest BCUT2D eigenvalue weighted by Crippen LogP contribution is 2.05. The summed E-state index contributed by atoms with van der Waals surface area (Å²) in [6.45, 7) is 6.54. The molecule has 1 aliphatic heterocycles. The molecule has 1 unspecified atom stereocenters. The molecular formula is C11H23N3O. The molecule has 1 fully saturated rings. The summed E-state index contributed by atoms with van der Waals surface area (Å²) in [5.74, 6) is 0.413. The minimum atomic E-state index is 0.118. The van der Waals surface area contributed by atoms with Crippen molar-refractivity contribution in [3.8, 4) is 0 Å². The third-order valence-electron chi connectivity index (χ3n) is 2.78. The van der Waals surface area contributed by atoms with Gasteiger partial charge in [0.05, 0.1) is 0 Å². The van der Waals surface area contributed by atoms with Gasteiger partial charge >= 0.3 is 0 Å². The van der Waals surface area contributed by atoms with Gasteiger partial charge < -0.3 is 15.1 Å². The van der Waals surface area contributed by atoms with Crippen LogP contribution in [0.25, 0.3) is 0 Å². The fourth-order valence-electron chi connectivity index (χ4n) is 1.77. The molecule has 0 aromatic carbocycles. The van der Waals surface area contributed by atoms with Crippen molar-refractivity contribution in [3.05, 3.63) is 0 Å². The van der Waals surface area contributed by atoms with Crippen molar-refractivity contribution in [3.63, 3.8) is 0 Å². The molecule has 0 saturated carbocycles. The third-order valence-corrected chi connectivity index (χ3v) is 2.78. The smallest absolute Gasteiger partial charge is 0.226 e. The van der Waals surface area contributed by atoms with E-state index in [1.54, 1.807) is 0 Å². The van der Waals surface area contributed by atoms with Gasteiger partial charge in [0.2, 0.25) is 5.91 Å². The lowest BCUT2D eigenvalue weighted by Crippen LogP contribution is -2.45. The van der Waals surface area contributed by atoms with Crippen molar-refractivity contribution >= 4 is 5.91 Å². The molecule has 1 heterocycles. The number of rotatable bonds is 3. The van der Waals surface area contributed by atoms with Gasteiger partial charge in [0.15, 0.2) is 0 Å². The van der Waals surface area contributed by atoms with Crippen LogP contribution in [0.2, 0.25) is 0 Å². The van der Waals surface area contributed by atoms with Gasteiger partial charge in [-0.3, -0.25) is 4.79 Å². The second-order valence-corrected chi connectivity index (χ2v) is 4.59. The highest BCUT2D eigenvalue weighted by atomic mass is 16.2. The molecule has 1 rings (SSSR count). The molecular weight excluding hydrogens is 190 g/mol. The first-order chi connectivity index (χ1) is 7.11. The van der Waals surface area contributed by atoms with E-state index < -0.39 is 0 Å². The van der Waals surface area contributed by atoms with Crippen LogP contribution in [-0.4, -0.2) is 62.5 Å². The molecule has 1 atom stereocenters. The number of amides is 1. The van der Waals surface area contributed by atoms with Crippen molar-refractivity contribution in [2.24, 2.45) is 5.92 Å². The fraction of sp³-hybridized carbons (Fsp3) is 0.909. The van der Waals surface area contributed by atoms with E-state index in [9.17, 15) is 4.79 Å².